The fraction of sp³-hybridized carbons (Fsp3) is 0.650. The number of rotatable bonds is 9. The number of carbonyl (C=O) groups is 1. The summed E-state index contributed by atoms with van der Waals surface area (Å²) in [5.41, 5.74) is 1.81. The summed E-state index contributed by atoms with van der Waals surface area (Å²) in [4.78, 5) is 16.9. The van der Waals surface area contributed by atoms with Gasteiger partial charge < -0.3 is 19.5 Å². The summed E-state index contributed by atoms with van der Waals surface area (Å²) in [6, 6.07) is 7.63. The fourth-order valence-corrected chi connectivity index (χ4v) is 3.09. The lowest BCUT2D eigenvalue weighted by molar-refractivity contribution is -0.0517. The van der Waals surface area contributed by atoms with Crippen LogP contribution in [0.3, 0.4) is 0 Å². The fourth-order valence-electron chi connectivity index (χ4n) is 3.09. The zero-order valence-corrected chi connectivity index (χ0v) is 16.2. The molecule has 6 nitrogen and oxygen atoms in total. The monoisotopic (exact) mass is 364 g/mol. The van der Waals surface area contributed by atoms with Crippen molar-refractivity contribution in [2.24, 2.45) is 0 Å². The molecule has 1 N–H and O–H groups in total. The molecular weight excluding hydrogens is 332 g/mol. The maximum Gasteiger partial charge on any atom is 0.254 e. The van der Waals surface area contributed by atoms with E-state index in [1.807, 2.05) is 38.1 Å². The number of hydrogen-bond donors (Lipinski definition) is 1. The Morgan fingerprint density at radius 2 is 2.15 bits per heavy atom. The minimum atomic E-state index is -0.312. The highest BCUT2D eigenvalue weighted by molar-refractivity contribution is 5.94. The van der Waals surface area contributed by atoms with Crippen LogP contribution in [0.4, 0.5) is 0 Å². The number of β-amino-alcohol motifs (C(OH)–C–C–N with tert-alkyl or cyclic N) is 1. The van der Waals surface area contributed by atoms with Crippen LogP contribution in [0, 0.1) is 6.92 Å². The molecule has 0 aliphatic carbocycles. The minimum absolute atomic E-state index is 0.00336. The normalized spacial score (nSPS) is 19.3. The smallest absolute Gasteiger partial charge is 0.254 e. The van der Waals surface area contributed by atoms with Crippen LogP contribution in [0.15, 0.2) is 24.3 Å². The molecular formula is C20H32N2O4. The van der Waals surface area contributed by atoms with Gasteiger partial charge in [0.25, 0.3) is 5.91 Å². The van der Waals surface area contributed by atoms with Gasteiger partial charge in [0.15, 0.2) is 0 Å². The molecule has 2 rings (SSSR count). The first kappa shape index (κ1) is 20.8. The second-order valence-electron chi connectivity index (χ2n) is 6.92. The van der Waals surface area contributed by atoms with Crippen molar-refractivity contribution < 1.29 is 19.4 Å². The van der Waals surface area contributed by atoms with Crippen molar-refractivity contribution in [2.45, 2.75) is 32.5 Å². The van der Waals surface area contributed by atoms with Crippen molar-refractivity contribution in [3.8, 4) is 0 Å². The molecule has 0 bridgehead atoms. The molecule has 1 saturated heterocycles. The van der Waals surface area contributed by atoms with Gasteiger partial charge in [-0.25, -0.2) is 0 Å². The van der Waals surface area contributed by atoms with E-state index in [1.54, 1.807) is 12.0 Å². The Balaban J connectivity index is 1.99. The number of ether oxygens (including phenoxy) is 2. The SMILES string of the molecule is CC[C@H](O)CN1CCO[C@H](CN(CCOC)C(=O)c2ccc(C)cc2)C1. The van der Waals surface area contributed by atoms with E-state index in [1.165, 1.54) is 0 Å². The Kier molecular flexibility index (Phi) is 8.51. The molecule has 0 unspecified atom stereocenters. The van der Waals surface area contributed by atoms with E-state index in [4.69, 9.17) is 9.47 Å². The van der Waals surface area contributed by atoms with Crippen molar-refractivity contribution in [3.05, 3.63) is 35.4 Å². The van der Waals surface area contributed by atoms with E-state index in [9.17, 15) is 9.90 Å². The minimum Gasteiger partial charge on any atom is -0.392 e. The second-order valence-corrected chi connectivity index (χ2v) is 6.92. The van der Waals surface area contributed by atoms with E-state index in [2.05, 4.69) is 4.90 Å². The lowest BCUT2D eigenvalue weighted by Crippen LogP contribution is -2.50. The first-order valence-electron chi connectivity index (χ1n) is 9.40. The topological polar surface area (TPSA) is 62.2 Å². The third-order valence-electron chi connectivity index (χ3n) is 4.74. The zero-order valence-electron chi connectivity index (χ0n) is 16.2. The average Bonchev–Trinajstić information content (AvgIpc) is 2.65. The Morgan fingerprint density at radius 3 is 2.81 bits per heavy atom. The van der Waals surface area contributed by atoms with Crippen molar-refractivity contribution in [1.29, 1.82) is 0 Å². The van der Waals surface area contributed by atoms with Gasteiger partial charge in [-0.1, -0.05) is 24.6 Å². The molecule has 0 spiro atoms. The number of carbonyl (C=O) groups excluding carboxylic acids is 1. The van der Waals surface area contributed by atoms with Crippen molar-refractivity contribution in [3.63, 3.8) is 0 Å². The lowest BCUT2D eigenvalue weighted by atomic mass is 10.1. The van der Waals surface area contributed by atoms with Crippen LogP contribution >= 0.6 is 0 Å². The van der Waals surface area contributed by atoms with E-state index >= 15 is 0 Å². The molecule has 1 aromatic rings. The molecule has 146 valence electrons. The molecule has 2 atom stereocenters. The van der Waals surface area contributed by atoms with Crippen LogP contribution in [0.2, 0.25) is 0 Å². The Morgan fingerprint density at radius 1 is 1.42 bits per heavy atom. The highest BCUT2D eigenvalue weighted by atomic mass is 16.5. The zero-order chi connectivity index (χ0) is 18.9. The lowest BCUT2D eigenvalue weighted by Gasteiger charge is -2.36. The van der Waals surface area contributed by atoms with Gasteiger partial charge >= 0.3 is 0 Å². The average molecular weight is 364 g/mol. The summed E-state index contributed by atoms with van der Waals surface area (Å²) < 4.78 is 11.1. The van der Waals surface area contributed by atoms with Crippen molar-refractivity contribution in [1.82, 2.24) is 9.80 Å². The number of aliphatic hydroxyl groups excluding tert-OH is 1. The molecule has 1 heterocycles. The Labute approximate surface area is 156 Å². The molecule has 0 saturated carbocycles. The summed E-state index contributed by atoms with van der Waals surface area (Å²) in [6.45, 7) is 8.34. The Bertz CT molecular complexity index is 549. The van der Waals surface area contributed by atoms with Crippen LogP contribution in [0.1, 0.15) is 29.3 Å². The van der Waals surface area contributed by atoms with Crippen molar-refractivity contribution in [2.75, 3.05) is 53.0 Å². The molecule has 6 heteroatoms. The van der Waals surface area contributed by atoms with Gasteiger partial charge in [0.1, 0.15) is 0 Å². The van der Waals surface area contributed by atoms with Gasteiger partial charge in [-0.05, 0) is 25.5 Å². The maximum atomic E-state index is 12.9. The quantitative estimate of drug-likeness (QED) is 0.720. The highest BCUT2D eigenvalue weighted by Crippen LogP contribution is 2.12. The van der Waals surface area contributed by atoms with Crippen LogP contribution in [-0.4, -0.2) is 86.1 Å². The first-order valence-corrected chi connectivity index (χ1v) is 9.40. The predicted molar refractivity (Wildman–Crippen MR) is 101 cm³/mol. The summed E-state index contributed by atoms with van der Waals surface area (Å²) in [7, 11) is 1.64. The number of morpholine rings is 1. The van der Waals surface area contributed by atoms with Crippen molar-refractivity contribution >= 4 is 5.91 Å². The summed E-state index contributed by atoms with van der Waals surface area (Å²) in [6.07, 6.45) is 0.375. The van der Waals surface area contributed by atoms with Crippen LogP contribution in [0.25, 0.3) is 0 Å². The van der Waals surface area contributed by atoms with E-state index in [-0.39, 0.29) is 18.1 Å². The number of hydrogen-bond acceptors (Lipinski definition) is 5. The molecule has 1 aromatic carbocycles. The standard InChI is InChI=1S/C20H32N2O4/c1-4-18(23)13-21-9-12-26-19(14-21)15-22(10-11-25-3)20(24)17-7-5-16(2)6-8-17/h5-8,18-19,23H,4,9-15H2,1-3H3/t18-,19-/m0/s1. The van der Waals surface area contributed by atoms with Gasteiger partial charge in [-0.3, -0.25) is 9.69 Å². The van der Waals surface area contributed by atoms with E-state index in [0.29, 0.717) is 38.4 Å². The summed E-state index contributed by atoms with van der Waals surface area (Å²) in [5, 5.41) is 9.89. The van der Waals surface area contributed by atoms with Gasteiger partial charge in [-0.2, -0.15) is 0 Å². The van der Waals surface area contributed by atoms with E-state index in [0.717, 1.165) is 25.1 Å². The Hall–Kier alpha value is -1.47. The maximum absolute atomic E-state index is 12.9. The molecule has 1 fully saturated rings. The first-order chi connectivity index (χ1) is 12.5. The largest absolute Gasteiger partial charge is 0.392 e. The predicted octanol–water partition coefficient (Wildman–Crippen LogP) is 1.56. The highest BCUT2D eigenvalue weighted by Gasteiger charge is 2.26. The third-order valence-corrected chi connectivity index (χ3v) is 4.74. The molecule has 1 aliphatic rings. The number of nitrogens with zero attached hydrogens (tertiary/aromatic N) is 2. The number of amides is 1. The molecule has 1 aliphatic heterocycles. The number of benzene rings is 1. The molecule has 0 radical (unpaired) electrons. The van der Waals surface area contributed by atoms with Crippen LogP contribution in [0.5, 0.6) is 0 Å². The third kappa shape index (κ3) is 6.36. The van der Waals surface area contributed by atoms with E-state index < -0.39 is 0 Å². The van der Waals surface area contributed by atoms with Gasteiger partial charge in [0, 0.05) is 45.4 Å². The molecule has 1 amide bonds. The number of aryl methyl sites for hydroxylation is 1. The summed E-state index contributed by atoms with van der Waals surface area (Å²) >= 11 is 0. The van der Waals surface area contributed by atoms with Crippen LogP contribution < -0.4 is 0 Å². The van der Waals surface area contributed by atoms with Gasteiger partial charge in [-0.15, -0.1) is 0 Å². The molecule has 0 aromatic heterocycles. The molecule has 26 heavy (non-hydrogen) atoms. The van der Waals surface area contributed by atoms with Crippen LogP contribution in [-0.2, 0) is 9.47 Å². The number of methoxy groups -OCH3 is 1. The van der Waals surface area contributed by atoms with Gasteiger partial charge in [0.2, 0.25) is 0 Å². The van der Waals surface area contributed by atoms with Gasteiger partial charge in [0.05, 0.1) is 25.4 Å². The number of aliphatic hydroxyl groups is 1. The second kappa shape index (κ2) is 10.6. The summed E-state index contributed by atoms with van der Waals surface area (Å²) in [5.74, 6) is -0.00336.